The summed E-state index contributed by atoms with van der Waals surface area (Å²) in [5, 5.41) is 0. The molecule has 0 aliphatic carbocycles. The zero-order valence-electron chi connectivity index (χ0n) is 19.3. The maximum atomic E-state index is 12.9. The second kappa shape index (κ2) is 10.1. The minimum atomic E-state index is -3.53. The molecule has 0 radical (unpaired) electrons. The molecular formula is C23H36N4O3S. The zero-order valence-corrected chi connectivity index (χ0v) is 20.1. The molecular weight excluding hydrogens is 412 g/mol. The summed E-state index contributed by atoms with van der Waals surface area (Å²) < 4.78 is 29.4. The van der Waals surface area contributed by atoms with E-state index in [0.29, 0.717) is 37.4 Å². The molecule has 172 valence electrons. The molecule has 1 aromatic heterocycles. The summed E-state index contributed by atoms with van der Waals surface area (Å²) in [7, 11) is -3.53. The summed E-state index contributed by atoms with van der Waals surface area (Å²) in [6.07, 6.45) is 4.20. The topological polar surface area (TPSA) is 75.5 Å². The molecule has 1 unspecified atom stereocenters. The highest BCUT2D eigenvalue weighted by Crippen LogP contribution is 2.24. The van der Waals surface area contributed by atoms with Crippen molar-refractivity contribution < 1.29 is 13.2 Å². The maximum Gasteiger partial charge on any atom is 0.243 e. The Labute approximate surface area is 186 Å². The smallest absolute Gasteiger partial charge is 0.243 e. The largest absolute Gasteiger partial charge is 0.342 e. The number of sulfonamides is 1. The molecule has 1 aromatic carbocycles. The standard InChI is InChI=1S/C23H36N4O3S/c1-5-14-27-21-11-10-19(31(29,30)26(6-2)7-3)16-20(21)24-22(27)12-13-23(28)25-15-8-9-18(4)17-25/h10-11,16,18H,5-9,12-15,17H2,1-4H3. The first-order valence-electron chi connectivity index (χ1n) is 11.6. The summed E-state index contributed by atoms with van der Waals surface area (Å²) >= 11 is 0. The average molecular weight is 449 g/mol. The van der Waals surface area contributed by atoms with Crippen molar-refractivity contribution in [3.63, 3.8) is 0 Å². The van der Waals surface area contributed by atoms with Gasteiger partial charge in [-0.2, -0.15) is 4.31 Å². The van der Waals surface area contributed by atoms with Gasteiger partial charge in [-0.25, -0.2) is 13.4 Å². The van der Waals surface area contributed by atoms with Crippen molar-refractivity contribution in [1.82, 2.24) is 18.8 Å². The fourth-order valence-corrected chi connectivity index (χ4v) is 5.97. The second-order valence-corrected chi connectivity index (χ2v) is 10.4. The minimum absolute atomic E-state index is 0.187. The van der Waals surface area contributed by atoms with Crippen LogP contribution in [0.25, 0.3) is 11.0 Å². The molecule has 31 heavy (non-hydrogen) atoms. The van der Waals surface area contributed by atoms with Gasteiger partial charge in [0, 0.05) is 45.6 Å². The first kappa shape index (κ1) is 23.7. The van der Waals surface area contributed by atoms with E-state index >= 15 is 0 Å². The molecule has 1 fully saturated rings. The van der Waals surface area contributed by atoms with Crippen molar-refractivity contribution >= 4 is 27.0 Å². The highest BCUT2D eigenvalue weighted by molar-refractivity contribution is 7.89. The number of benzene rings is 1. The Balaban J connectivity index is 1.85. The van der Waals surface area contributed by atoms with Crippen LogP contribution in [-0.4, -0.2) is 59.3 Å². The fourth-order valence-electron chi connectivity index (χ4n) is 4.49. The number of imidazole rings is 1. The van der Waals surface area contributed by atoms with Crippen LogP contribution in [-0.2, 0) is 27.8 Å². The van der Waals surface area contributed by atoms with E-state index in [1.54, 1.807) is 12.1 Å². The number of amides is 1. The number of aryl methyl sites for hydroxylation is 2. The number of piperidine rings is 1. The normalized spacial score (nSPS) is 17.6. The van der Waals surface area contributed by atoms with Crippen LogP contribution in [0.15, 0.2) is 23.1 Å². The SMILES string of the molecule is CCCn1c(CCC(=O)N2CCCC(C)C2)nc2cc(S(=O)(=O)N(CC)CC)ccc21. The second-order valence-electron chi connectivity index (χ2n) is 8.51. The van der Waals surface area contributed by atoms with Crippen molar-refractivity contribution in [1.29, 1.82) is 0 Å². The van der Waals surface area contributed by atoms with Gasteiger partial charge in [-0.05, 0) is 43.4 Å². The third-order valence-corrected chi connectivity index (χ3v) is 8.21. The van der Waals surface area contributed by atoms with E-state index in [-0.39, 0.29) is 10.8 Å². The van der Waals surface area contributed by atoms with E-state index < -0.39 is 10.0 Å². The molecule has 1 amide bonds. The number of aromatic nitrogens is 2. The van der Waals surface area contributed by atoms with Gasteiger partial charge >= 0.3 is 0 Å². The molecule has 2 aromatic rings. The molecule has 0 bridgehead atoms. The van der Waals surface area contributed by atoms with Gasteiger partial charge in [0.15, 0.2) is 0 Å². The fraction of sp³-hybridized carbons (Fsp3) is 0.652. The van der Waals surface area contributed by atoms with Gasteiger partial charge in [-0.15, -0.1) is 0 Å². The van der Waals surface area contributed by atoms with Crippen LogP contribution in [0.2, 0.25) is 0 Å². The van der Waals surface area contributed by atoms with E-state index in [1.165, 1.54) is 10.7 Å². The number of hydrogen-bond acceptors (Lipinski definition) is 4. The molecule has 7 nitrogen and oxygen atoms in total. The van der Waals surface area contributed by atoms with E-state index in [1.807, 2.05) is 24.8 Å². The average Bonchev–Trinajstić information content (AvgIpc) is 3.09. The Hall–Kier alpha value is -1.93. The van der Waals surface area contributed by atoms with Crippen LogP contribution in [0.3, 0.4) is 0 Å². The van der Waals surface area contributed by atoms with Gasteiger partial charge in [-0.3, -0.25) is 4.79 Å². The van der Waals surface area contributed by atoms with Crippen LogP contribution in [0.1, 0.15) is 59.2 Å². The van der Waals surface area contributed by atoms with Crippen LogP contribution in [0.5, 0.6) is 0 Å². The van der Waals surface area contributed by atoms with Gasteiger partial charge < -0.3 is 9.47 Å². The first-order chi connectivity index (χ1) is 14.8. The monoisotopic (exact) mass is 448 g/mol. The Morgan fingerprint density at radius 2 is 1.97 bits per heavy atom. The summed E-state index contributed by atoms with van der Waals surface area (Å²) in [4.78, 5) is 19.7. The van der Waals surface area contributed by atoms with Gasteiger partial charge in [0.2, 0.25) is 15.9 Å². The lowest BCUT2D eigenvalue weighted by molar-refractivity contribution is -0.132. The number of likely N-dealkylation sites (tertiary alicyclic amines) is 1. The highest BCUT2D eigenvalue weighted by atomic mass is 32.2. The van der Waals surface area contributed by atoms with Gasteiger partial charge in [-0.1, -0.05) is 27.7 Å². The molecule has 2 heterocycles. The number of fused-ring (bicyclic) bond motifs is 1. The van der Waals surface area contributed by atoms with Crippen molar-refractivity contribution in [3.05, 3.63) is 24.0 Å². The molecule has 0 saturated carbocycles. The van der Waals surface area contributed by atoms with Crippen LogP contribution < -0.4 is 0 Å². The third-order valence-electron chi connectivity index (χ3n) is 6.16. The van der Waals surface area contributed by atoms with E-state index in [4.69, 9.17) is 4.98 Å². The summed E-state index contributed by atoms with van der Waals surface area (Å²) in [6.45, 7) is 11.3. The first-order valence-corrected chi connectivity index (χ1v) is 13.0. The van der Waals surface area contributed by atoms with Crippen LogP contribution >= 0.6 is 0 Å². The van der Waals surface area contributed by atoms with Crippen LogP contribution in [0, 0.1) is 5.92 Å². The molecule has 3 rings (SSSR count). The quantitative estimate of drug-likeness (QED) is 0.587. The van der Waals surface area contributed by atoms with Gasteiger partial charge in [0.05, 0.1) is 15.9 Å². The lowest BCUT2D eigenvalue weighted by atomic mass is 10.00. The van der Waals surface area contributed by atoms with Gasteiger partial charge in [0.1, 0.15) is 5.82 Å². The molecule has 0 N–H and O–H groups in total. The third kappa shape index (κ3) is 5.12. The molecule has 1 saturated heterocycles. The molecule has 8 heteroatoms. The maximum absolute atomic E-state index is 12.9. The Morgan fingerprint density at radius 3 is 2.61 bits per heavy atom. The lowest BCUT2D eigenvalue weighted by Gasteiger charge is -2.31. The van der Waals surface area contributed by atoms with E-state index in [2.05, 4.69) is 18.4 Å². The van der Waals surface area contributed by atoms with Crippen molar-refractivity contribution in [2.75, 3.05) is 26.2 Å². The lowest BCUT2D eigenvalue weighted by Crippen LogP contribution is -2.39. The molecule has 1 atom stereocenters. The van der Waals surface area contributed by atoms with Crippen molar-refractivity contribution in [2.24, 2.45) is 5.92 Å². The summed E-state index contributed by atoms with van der Waals surface area (Å²) in [5.41, 5.74) is 1.60. The predicted octanol–water partition coefficient (Wildman–Crippen LogP) is 3.67. The van der Waals surface area contributed by atoms with Crippen molar-refractivity contribution in [3.8, 4) is 0 Å². The molecule has 1 aliphatic rings. The zero-order chi connectivity index (χ0) is 22.6. The van der Waals surface area contributed by atoms with Crippen molar-refractivity contribution in [2.45, 2.75) is 71.2 Å². The number of carbonyl (C=O) groups excluding carboxylic acids is 1. The Morgan fingerprint density at radius 1 is 1.23 bits per heavy atom. The summed E-state index contributed by atoms with van der Waals surface area (Å²) in [5.74, 6) is 1.60. The summed E-state index contributed by atoms with van der Waals surface area (Å²) in [6, 6.07) is 5.20. The Bertz CT molecular complexity index is 1010. The number of nitrogens with zero attached hydrogens (tertiary/aromatic N) is 4. The number of rotatable bonds is 9. The molecule has 1 aliphatic heterocycles. The highest BCUT2D eigenvalue weighted by Gasteiger charge is 2.24. The number of hydrogen-bond donors (Lipinski definition) is 0. The predicted molar refractivity (Wildman–Crippen MR) is 123 cm³/mol. The van der Waals surface area contributed by atoms with E-state index in [0.717, 1.165) is 43.8 Å². The van der Waals surface area contributed by atoms with Gasteiger partial charge in [0.25, 0.3) is 0 Å². The Kier molecular flexibility index (Phi) is 7.75. The number of carbonyl (C=O) groups is 1. The minimum Gasteiger partial charge on any atom is -0.342 e. The van der Waals surface area contributed by atoms with E-state index in [9.17, 15) is 13.2 Å². The van der Waals surface area contributed by atoms with Crippen LogP contribution in [0.4, 0.5) is 0 Å². The molecule has 0 spiro atoms.